The molecule has 0 bridgehead atoms. The minimum atomic E-state index is -2.94. The van der Waals surface area contributed by atoms with Crippen LogP contribution < -0.4 is 10.1 Å². The average molecular weight is 389 g/mol. The molecule has 0 fully saturated rings. The molecule has 1 amide bonds. The van der Waals surface area contributed by atoms with E-state index in [9.17, 15) is 18.4 Å². The van der Waals surface area contributed by atoms with E-state index in [1.54, 1.807) is 24.3 Å². The largest absolute Gasteiger partial charge is 0.434 e. The number of rotatable bonds is 9. The summed E-state index contributed by atoms with van der Waals surface area (Å²) in [4.78, 5) is 24.7. The van der Waals surface area contributed by atoms with Gasteiger partial charge in [0.1, 0.15) is 5.75 Å². The summed E-state index contributed by atoms with van der Waals surface area (Å²) in [6.07, 6.45) is 0.612. The van der Waals surface area contributed by atoms with Crippen LogP contribution in [-0.2, 0) is 4.79 Å². The van der Waals surface area contributed by atoms with E-state index in [2.05, 4.69) is 10.1 Å². The number of hydrogen-bond donors (Lipinski definition) is 1. The van der Waals surface area contributed by atoms with E-state index >= 15 is 0 Å². The highest BCUT2D eigenvalue weighted by atomic mass is 19.3. The number of Topliss-reactive ketones (excluding diaryl/α,β-unsaturated/α-hetero) is 1. The third kappa shape index (κ3) is 5.87. The van der Waals surface area contributed by atoms with E-state index in [0.717, 1.165) is 11.1 Å². The van der Waals surface area contributed by atoms with Crippen LogP contribution in [0.4, 0.5) is 8.78 Å². The van der Waals surface area contributed by atoms with Gasteiger partial charge in [0, 0.05) is 24.0 Å². The molecular formula is C22H25F2NO3. The molecule has 0 aromatic heterocycles. The van der Waals surface area contributed by atoms with E-state index in [0.29, 0.717) is 17.5 Å². The Kier molecular flexibility index (Phi) is 7.67. The fraction of sp³-hybridized carbons (Fsp3) is 0.364. The van der Waals surface area contributed by atoms with Gasteiger partial charge in [0.2, 0.25) is 5.91 Å². The normalized spacial score (nSPS) is 11.9. The second-order valence-electron chi connectivity index (χ2n) is 6.67. The van der Waals surface area contributed by atoms with Gasteiger partial charge in [0.25, 0.3) is 0 Å². The molecule has 1 unspecified atom stereocenters. The van der Waals surface area contributed by atoms with Crippen molar-refractivity contribution in [3.63, 3.8) is 0 Å². The van der Waals surface area contributed by atoms with Gasteiger partial charge in [-0.25, -0.2) is 0 Å². The van der Waals surface area contributed by atoms with Gasteiger partial charge < -0.3 is 10.1 Å². The highest BCUT2D eigenvalue weighted by Gasteiger charge is 2.19. The number of nitrogens with one attached hydrogen (secondary N) is 1. The van der Waals surface area contributed by atoms with Gasteiger partial charge in [0.15, 0.2) is 5.78 Å². The number of hydrogen-bond acceptors (Lipinski definition) is 3. The Labute approximate surface area is 163 Å². The predicted molar refractivity (Wildman–Crippen MR) is 104 cm³/mol. The first-order chi connectivity index (χ1) is 13.3. The van der Waals surface area contributed by atoms with Crippen LogP contribution in [-0.4, -0.2) is 18.3 Å². The van der Waals surface area contributed by atoms with Crippen molar-refractivity contribution in [3.8, 4) is 5.75 Å². The van der Waals surface area contributed by atoms with Crippen molar-refractivity contribution >= 4 is 11.7 Å². The first-order valence-corrected chi connectivity index (χ1v) is 9.25. The van der Waals surface area contributed by atoms with E-state index < -0.39 is 12.7 Å². The van der Waals surface area contributed by atoms with Gasteiger partial charge in [-0.3, -0.25) is 9.59 Å². The summed E-state index contributed by atoms with van der Waals surface area (Å²) in [6.45, 7) is 2.80. The summed E-state index contributed by atoms with van der Waals surface area (Å²) in [5, 5.41) is 2.81. The second kappa shape index (κ2) is 9.97. The molecule has 2 aromatic carbocycles. The Bertz CT molecular complexity index is 836. The number of amides is 1. The van der Waals surface area contributed by atoms with Crippen LogP contribution in [0.15, 0.2) is 42.5 Å². The van der Waals surface area contributed by atoms with Crippen LogP contribution in [0.2, 0.25) is 0 Å². The SMILES string of the molecule is CCC(NC(=O)CCC(=O)c1ccc(C)c(C)c1)c1ccccc1OC(F)F. The first-order valence-electron chi connectivity index (χ1n) is 9.25. The number of ether oxygens (including phenoxy) is 1. The van der Waals surface area contributed by atoms with E-state index in [1.807, 2.05) is 32.9 Å². The lowest BCUT2D eigenvalue weighted by Gasteiger charge is -2.20. The van der Waals surface area contributed by atoms with Crippen molar-refractivity contribution in [1.82, 2.24) is 5.32 Å². The number of benzene rings is 2. The van der Waals surface area contributed by atoms with Crippen molar-refractivity contribution < 1.29 is 23.1 Å². The molecule has 0 aliphatic rings. The topological polar surface area (TPSA) is 55.4 Å². The van der Waals surface area contributed by atoms with Crippen LogP contribution in [0.1, 0.15) is 59.3 Å². The molecule has 1 atom stereocenters. The van der Waals surface area contributed by atoms with Gasteiger partial charge in [-0.1, -0.05) is 37.3 Å². The van der Waals surface area contributed by atoms with Crippen LogP contribution in [0.25, 0.3) is 0 Å². The monoisotopic (exact) mass is 389 g/mol. The molecule has 0 aliphatic heterocycles. The fourth-order valence-corrected chi connectivity index (χ4v) is 2.92. The van der Waals surface area contributed by atoms with Crippen molar-refractivity contribution in [2.75, 3.05) is 0 Å². The molecule has 0 spiro atoms. The molecule has 150 valence electrons. The summed E-state index contributed by atoms with van der Waals surface area (Å²) in [6, 6.07) is 11.4. The molecule has 0 heterocycles. The van der Waals surface area contributed by atoms with E-state index in [1.165, 1.54) is 6.07 Å². The van der Waals surface area contributed by atoms with Crippen molar-refractivity contribution in [1.29, 1.82) is 0 Å². The quantitative estimate of drug-likeness (QED) is 0.605. The molecule has 4 nitrogen and oxygen atoms in total. The van der Waals surface area contributed by atoms with E-state index in [4.69, 9.17) is 0 Å². The molecule has 0 aliphatic carbocycles. The maximum atomic E-state index is 12.6. The zero-order chi connectivity index (χ0) is 20.7. The summed E-state index contributed by atoms with van der Waals surface area (Å²) < 4.78 is 29.8. The summed E-state index contributed by atoms with van der Waals surface area (Å²) in [7, 11) is 0. The first kappa shape index (κ1) is 21.5. The molecule has 1 N–H and O–H groups in total. The molecule has 6 heteroatoms. The molecule has 2 aromatic rings. The molecule has 0 saturated heterocycles. The van der Waals surface area contributed by atoms with Crippen molar-refractivity contribution in [2.45, 2.75) is 52.7 Å². The smallest absolute Gasteiger partial charge is 0.387 e. The predicted octanol–water partition coefficient (Wildman–Crippen LogP) is 5.14. The number of aryl methyl sites for hydroxylation is 2. The van der Waals surface area contributed by atoms with E-state index in [-0.39, 0.29) is 30.3 Å². The Hall–Kier alpha value is -2.76. The fourth-order valence-electron chi connectivity index (χ4n) is 2.92. The summed E-state index contributed by atoms with van der Waals surface area (Å²) >= 11 is 0. The zero-order valence-electron chi connectivity index (χ0n) is 16.3. The van der Waals surface area contributed by atoms with Gasteiger partial charge in [-0.15, -0.1) is 0 Å². The van der Waals surface area contributed by atoms with Crippen molar-refractivity contribution in [2.24, 2.45) is 0 Å². The lowest BCUT2D eigenvalue weighted by atomic mass is 10.0. The third-order valence-corrected chi connectivity index (χ3v) is 4.66. The molecule has 0 radical (unpaired) electrons. The number of carbonyl (C=O) groups is 2. The average Bonchev–Trinajstić information content (AvgIpc) is 2.66. The summed E-state index contributed by atoms with van der Waals surface area (Å²) in [5.74, 6) is -0.375. The van der Waals surface area contributed by atoms with Gasteiger partial charge >= 0.3 is 6.61 Å². The maximum Gasteiger partial charge on any atom is 0.387 e. The third-order valence-electron chi connectivity index (χ3n) is 4.66. The van der Waals surface area contributed by atoms with Crippen molar-refractivity contribution in [3.05, 3.63) is 64.7 Å². The number of halogens is 2. The molecule has 28 heavy (non-hydrogen) atoms. The van der Waals surface area contributed by atoms with Crippen LogP contribution in [0.3, 0.4) is 0 Å². The van der Waals surface area contributed by atoms with Crippen LogP contribution >= 0.6 is 0 Å². The Balaban J connectivity index is 1.99. The number of para-hydroxylation sites is 1. The van der Waals surface area contributed by atoms with Gasteiger partial charge in [-0.2, -0.15) is 8.78 Å². The Morgan fingerprint density at radius 3 is 2.39 bits per heavy atom. The number of ketones is 1. The lowest BCUT2D eigenvalue weighted by molar-refractivity contribution is -0.121. The number of alkyl halides is 2. The summed E-state index contributed by atoms with van der Waals surface area (Å²) in [5.41, 5.74) is 3.19. The van der Waals surface area contributed by atoms with Crippen LogP contribution in [0, 0.1) is 13.8 Å². The molecule has 2 rings (SSSR count). The highest BCUT2D eigenvalue weighted by Crippen LogP contribution is 2.28. The Morgan fingerprint density at radius 2 is 1.75 bits per heavy atom. The minimum absolute atomic E-state index is 0.0279. The maximum absolute atomic E-state index is 12.6. The standard InChI is InChI=1S/C22H25F2NO3/c1-4-18(17-7-5-6-8-20(17)28-22(23)24)25-21(27)12-11-19(26)16-10-9-14(2)15(3)13-16/h5-10,13,18,22H,4,11-12H2,1-3H3,(H,25,27). The second-order valence-corrected chi connectivity index (χ2v) is 6.67. The molecule has 0 saturated carbocycles. The van der Waals surface area contributed by atoms with Gasteiger partial charge in [0.05, 0.1) is 6.04 Å². The number of carbonyl (C=O) groups excluding carboxylic acids is 2. The Morgan fingerprint density at radius 1 is 1.04 bits per heavy atom. The lowest BCUT2D eigenvalue weighted by Crippen LogP contribution is -2.29. The zero-order valence-corrected chi connectivity index (χ0v) is 16.3. The van der Waals surface area contributed by atoms with Crippen LogP contribution in [0.5, 0.6) is 5.75 Å². The minimum Gasteiger partial charge on any atom is -0.434 e. The highest BCUT2D eigenvalue weighted by molar-refractivity contribution is 5.98. The van der Waals surface area contributed by atoms with Gasteiger partial charge in [-0.05, 0) is 43.5 Å². The molecular weight excluding hydrogens is 364 g/mol.